The van der Waals surface area contributed by atoms with Crippen LogP contribution in [0.2, 0.25) is 0 Å². The topological polar surface area (TPSA) is 48.4 Å². The lowest BCUT2D eigenvalue weighted by Gasteiger charge is -2.21. The minimum atomic E-state index is -5.78. The zero-order valence-electron chi connectivity index (χ0n) is 9.63. The Morgan fingerprint density at radius 2 is 1.68 bits per heavy atom. The van der Waals surface area contributed by atoms with Crippen molar-refractivity contribution in [3.63, 3.8) is 0 Å². The molecular formula is C10H10F5N3O. The van der Waals surface area contributed by atoms with E-state index in [2.05, 4.69) is 10.2 Å². The predicted molar refractivity (Wildman–Crippen MR) is 58.4 cm³/mol. The number of hydrogen-bond acceptors (Lipinski definition) is 3. The SMILES string of the molecule is CNN(C=N)c1ccc(OC(F)(F)C(F)(F)F)cc1. The number of hydrazine groups is 1. The first kappa shape index (κ1) is 15.2. The third kappa shape index (κ3) is 3.53. The highest BCUT2D eigenvalue weighted by atomic mass is 19.4. The molecule has 0 aliphatic heterocycles. The molecule has 0 fully saturated rings. The van der Waals surface area contributed by atoms with Crippen molar-refractivity contribution in [2.24, 2.45) is 0 Å². The molecule has 0 heterocycles. The third-order valence-corrected chi connectivity index (χ3v) is 2.06. The van der Waals surface area contributed by atoms with Gasteiger partial charge in [0.15, 0.2) is 0 Å². The molecule has 0 bridgehead atoms. The van der Waals surface area contributed by atoms with E-state index in [0.29, 0.717) is 5.69 Å². The van der Waals surface area contributed by atoms with Gasteiger partial charge in [-0.25, -0.2) is 5.43 Å². The predicted octanol–water partition coefficient (Wildman–Crippen LogP) is 2.77. The van der Waals surface area contributed by atoms with E-state index in [1.54, 1.807) is 0 Å². The lowest BCUT2D eigenvalue weighted by molar-refractivity contribution is -0.360. The highest BCUT2D eigenvalue weighted by Crippen LogP contribution is 2.37. The molecule has 0 aromatic heterocycles. The first-order valence-electron chi connectivity index (χ1n) is 4.92. The first-order chi connectivity index (χ1) is 8.71. The maximum atomic E-state index is 12.6. The molecule has 0 amide bonds. The fourth-order valence-corrected chi connectivity index (χ4v) is 1.15. The largest absolute Gasteiger partial charge is 0.499 e. The Labute approximate surface area is 105 Å². The van der Waals surface area contributed by atoms with Crippen LogP contribution in [-0.4, -0.2) is 25.7 Å². The van der Waals surface area contributed by atoms with Crippen LogP contribution in [0.1, 0.15) is 0 Å². The van der Waals surface area contributed by atoms with Gasteiger partial charge in [-0.2, -0.15) is 22.0 Å². The molecule has 19 heavy (non-hydrogen) atoms. The van der Waals surface area contributed by atoms with E-state index in [1.165, 1.54) is 24.2 Å². The molecule has 0 saturated carbocycles. The van der Waals surface area contributed by atoms with Crippen LogP contribution in [0.4, 0.5) is 27.6 Å². The van der Waals surface area contributed by atoms with Crippen LogP contribution < -0.4 is 15.2 Å². The standard InChI is InChI=1S/C10H10F5N3O/c1-17-18(6-16)7-2-4-8(5-3-7)19-10(14,15)9(11,12)13/h2-6,16-17H,1H3. The van der Waals surface area contributed by atoms with Gasteiger partial charge >= 0.3 is 12.3 Å². The summed E-state index contributed by atoms with van der Waals surface area (Å²) in [7, 11) is 1.51. The number of rotatable bonds is 5. The number of ether oxygens (including phenoxy) is 1. The Hall–Kier alpha value is -1.90. The van der Waals surface area contributed by atoms with Crippen LogP contribution in [0.15, 0.2) is 24.3 Å². The van der Waals surface area contributed by atoms with Crippen molar-refractivity contribution in [3.05, 3.63) is 24.3 Å². The molecule has 0 radical (unpaired) electrons. The zero-order valence-corrected chi connectivity index (χ0v) is 9.63. The number of anilines is 1. The minimum Gasteiger partial charge on any atom is -0.426 e. The second kappa shape index (κ2) is 5.39. The Bertz CT molecular complexity index is 432. The smallest absolute Gasteiger partial charge is 0.426 e. The Balaban J connectivity index is 2.86. The number of nitrogens with one attached hydrogen (secondary N) is 2. The van der Waals surface area contributed by atoms with E-state index < -0.39 is 18.0 Å². The van der Waals surface area contributed by atoms with Crippen LogP contribution in [0.25, 0.3) is 0 Å². The van der Waals surface area contributed by atoms with Gasteiger partial charge in [-0.05, 0) is 24.3 Å². The molecular weight excluding hydrogens is 273 g/mol. The van der Waals surface area contributed by atoms with Crippen molar-refractivity contribution in [2.75, 3.05) is 12.1 Å². The molecule has 0 spiro atoms. The summed E-state index contributed by atoms with van der Waals surface area (Å²) in [5, 5.41) is 8.23. The van der Waals surface area contributed by atoms with Crippen LogP contribution >= 0.6 is 0 Å². The number of alkyl halides is 5. The van der Waals surface area contributed by atoms with E-state index >= 15 is 0 Å². The summed E-state index contributed by atoms with van der Waals surface area (Å²) in [6, 6.07) is 4.35. The monoisotopic (exact) mass is 283 g/mol. The summed E-state index contributed by atoms with van der Waals surface area (Å²) in [6.45, 7) is 0. The zero-order chi connectivity index (χ0) is 14.7. The van der Waals surface area contributed by atoms with Gasteiger partial charge in [0.25, 0.3) is 0 Å². The summed E-state index contributed by atoms with van der Waals surface area (Å²) in [4.78, 5) is 0. The highest BCUT2D eigenvalue weighted by Gasteiger charge is 2.61. The van der Waals surface area contributed by atoms with Gasteiger partial charge < -0.3 is 4.74 Å². The van der Waals surface area contributed by atoms with Gasteiger partial charge in [0.1, 0.15) is 12.1 Å². The van der Waals surface area contributed by atoms with Crippen molar-refractivity contribution >= 4 is 12.0 Å². The van der Waals surface area contributed by atoms with E-state index in [-0.39, 0.29) is 0 Å². The van der Waals surface area contributed by atoms with Gasteiger partial charge in [-0.3, -0.25) is 10.4 Å². The van der Waals surface area contributed by atoms with Gasteiger partial charge in [0.05, 0.1) is 5.69 Å². The van der Waals surface area contributed by atoms with E-state index in [4.69, 9.17) is 5.41 Å². The number of halogens is 5. The lowest BCUT2D eigenvalue weighted by Crippen LogP contribution is -2.41. The summed E-state index contributed by atoms with van der Waals surface area (Å²) >= 11 is 0. The Kier molecular flexibility index (Phi) is 4.30. The molecule has 0 saturated heterocycles. The van der Waals surface area contributed by atoms with Crippen molar-refractivity contribution in [1.82, 2.24) is 5.43 Å². The maximum absolute atomic E-state index is 12.6. The first-order valence-corrected chi connectivity index (χ1v) is 4.92. The van der Waals surface area contributed by atoms with Crippen molar-refractivity contribution < 1.29 is 26.7 Å². The normalized spacial score (nSPS) is 12.1. The second-order valence-corrected chi connectivity index (χ2v) is 3.33. The molecule has 4 nitrogen and oxygen atoms in total. The minimum absolute atomic E-state index is 0.375. The van der Waals surface area contributed by atoms with Crippen LogP contribution in [-0.2, 0) is 0 Å². The molecule has 0 aliphatic carbocycles. The molecule has 9 heteroatoms. The molecule has 0 unspecified atom stereocenters. The Morgan fingerprint density at radius 1 is 1.16 bits per heavy atom. The molecule has 2 N–H and O–H groups in total. The van der Waals surface area contributed by atoms with Crippen LogP contribution in [0.3, 0.4) is 0 Å². The second-order valence-electron chi connectivity index (χ2n) is 3.33. The summed E-state index contributed by atoms with van der Waals surface area (Å²) in [5.74, 6) is -0.632. The fraction of sp³-hybridized carbons (Fsp3) is 0.300. The van der Waals surface area contributed by atoms with Crippen LogP contribution in [0, 0.1) is 5.41 Å². The summed E-state index contributed by atoms with van der Waals surface area (Å²) < 4.78 is 64.6. The highest BCUT2D eigenvalue weighted by molar-refractivity contribution is 5.75. The molecule has 1 aromatic rings. The quantitative estimate of drug-likeness (QED) is 0.378. The molecule has 1 aromatic carbocycles. The summed E-state index contributed by atoms with van der Waals surface area (Å²) in [5.41, 5.74) is 2.96. The summed E-state index contributed by atoms with van der Waals surface area (Å²) in [6.07, 6.45) is -10.1. The molecule has 0 aliphatic rings. The average molecular weight is 283 g/mol. The molecule has 1 rings (SSSR count). The van der Waals surface area contributed by atoms with Gasteiger partial charge in [0.2, 0.25) is 0 Å². The average Bonchev–Trinajstić information content (AvgIpc) is 2.31. The Morgan fingerprint density at radius 3 is 2.05 bits per heavy atom. The van der Waals surface area contributed by atoms with Crippen molar-refractivity contribution in [1.29, 1.82) is 5.41 Å². The lowest BCUT2D eigenvalue weighted by atomic mass is 10.3. The molecule has 0 atom stereocenters. The fourth-order valence-electron chi connectivity index (χ4n) is 1.15. The van der Waals surface area contributed by atoms with Crippen molar-refractivity contribution in [3.8, 4) is 5.75 Å². The van der Waals surface area contributed by atoms with E-state index in [1.807, 2.05) is 0 Å². The van der Waals surface area contributed by atoms with Gasteiger partial charge in [-0.15, -0.1) is 0 Å². The van der Waals surface area contributed by atoms with Crippen LogP contribution in [0.5, 0.6) is 5.75 Å². The number of hydrogen-bond donors (Lipinski definition) is 2. The van der Waals surface area contributed by atoms with Crippen molar-refractivity contribution in [2.45, 2.75) is 12.3 Å². The molecule has 106 valence electrons. The van der Waals surface area contributed by atoms with Gasteiger partial charge in [-0.1, -0.05) is 0 Å². The van der Waals surface area contributed by atoms with E-state index in [9.17, 15) is 22.0 Å². The third-order valence-electron chi connectivity index (χ3n) is 2.06. The number of nitrogens with zero attached hydrogens (tertiary/aromatic N) is 1. The van der Waals surface area contributed by atoms with Gasteiger partial charge in [0, 0.05) is 7.05 Å². The maximum Gasteiger partial charge on any atom is 0.499 e. The van der Waals surface area contributed by atoms with E-state index in [0.717, 1.165) is 18.5 Å². The number of benzene rings is 1.